The van der Waals surface area contributed by atoms with Crippen LogP contribution in [0.1, 0.15) is 5.56 Å². The van der Waals surface area contributed by atoms with Crippen molar-refractivity contribution in [2.45, 2.75) is 0 Å². The van der Waals surface area contributed by atoms with Gasteiger partial charge in [-0.05, 0) is 42.5 Å². The Morgan fingerprint density at radius 1 is 1.19 bits per heavy atom. The topological polar surface area (TPSA) is 79.5 Å². The molecule has 106 valence electrons. The molecule has 0 spiro atoms. The number of hydrogen-bond donors (Lipinski definition) is 1. The fraction of sp³-hybridized carbons (Fsp3) is 0.0667. The highest BCUT2D eigenvalue weighted by atomic mass is 35.5. The van der Waals surface area contributed by atoms with Crippen molar-refractivity contribution >= 4 is 17.6 Å². The maximum absolute atomic E-state index is 10.4. The quantitative estimate of drug-likeness (QED) is 0.915. The zero-order valence-corrected chi connectivity index (χ0v) is 11.5. The first-order valence-electron chi connectivity index (χ1n) is 5.90. The van der Waals surface area contributed by atoms with Crippen molar-refractivity contribution < 1.29 is 19.4 Å². The summed E-state index contributed by atoms with van der Waals surface area (Å²) < 4.78 is 10.6. The number of rotatable bonds is 5. The van der Waals surface area contributed by atoms with Gasteiger partial charge in [0.15, 0.2) is 6.61 Å². The number of carboxylic acid groups (broad SMARTS) is 1. The van der Waals surface area contributed by atoms with E-state index in [-0.39, 0.29) is 0 Å². The summed E-state index contributed by atoms with van der Waals surface area (Å²) in [4.78, 5) is 10.4. The number of nitrogens with zero attached hydrogens (tertiary/aromatic N) is 1. The maximum atomic E-state index is 10.4. The van der Waals surface area contributed by atoms with Gasteiger partial charge in [-0.1, -0.05) is 11.6 Å². The Morgan fingerprint density at radius 2 is 1.86 bits per heavy atom. The molecule has 0 unspecified atom stereocenters. The SMILES string of the molecule is N#Cc1ccc(Oc2ccc(OCC(=O)O)cc2)c(Cl)c1. The van der Waals surface area contributed by atoms with Crippen LogP contribution in [-0.4, -0.2) is 17.7 Å². The second-order valence-electron chi connectivity index (χ2n) is 4.01. The van der Waals surface area contributed by atoms with Crippen LogP contribution in [0.5, 0.6) is 17.2 Å². The Bertz CT molecular complexity index is 692. The molecule has 5 nitrogen and oxygen atoms in total. The summed E-state index contributed by atoms with van der Waals surface area (Å²) in [5.41, 5.74) is 0.449. The smallest absolute Gasteiger partial charge is 0.341 e. The molecule has 0 radical (unpaired) electrons. The Labute approximate surface area is 125 Å². The minimum atomic E-state index is -1.04. The zero-order chi connectivity index (χ0) is 15.2. The molecule has 0 heterocycles. The number of aliphatic carboxylic acids is 1. The molecule has 1 N–H and O–H groups in total. The Hall–Kier alpha value is -2.71. The first kappa shape index (κ1) is 14.7. The Kier molecular flexibility index (Phi) is 4.64. The van der Waals surface area contributed by atoms with E-state index in [1.54, 1.807) is 36.4 Å². The van der Waals surface area contributed by atoms with Gasteiger partial charge >= 0.3 is 5.97 Å². The van der Waals surface area contributed by atoms with E-state index < -0.39 is 12.6 Å². The lowest BCUT2D eigenvalue weighted by Gasteiger charge is -2.08. The van der Waals surface area contributed by atoms with Gasteiger partial charge in [0.1, 0.15) is 17.2 Å². The van der Waals surface area contributed by atoms with Crippen molar-refractivity contribution in [3.8, 4) is 23.3 Å². The number of benzene rings is 2. The summed E-state index contributed by atoms with van der Waals surface area (Å²) in [6.07, 6.45) is 0. The van der Waals surface area contributed by atoms with E-state index in [4.69, 9.17) is 31.4 Å². The van der Waals surface area contributed by atoms with E-state index in [1.165, 1.54) is 6.07 Å². The van der Waals surface area contributed by atoms with Gasteiger partial charge < -0.3 is 14.6 Å². The highest BCUT2D eigenvalue weighted by Crippen LogP contribution is 2.30. The van der Waals surface area contributed by atoms with E-state index in [1.807, 2.05) is 6.07 Å². The number of nitriles is 1. The van der Waals surface area contributed by atoms with E-state index in [2.05, 4.69) is 0 Å². The molecule has 0 aromatic heterocycles. The molecule has 21 heavy (non-hydrogen) atoms. The summed E-state index contributed by atoms with van der Waals surface area (Å²) in [6.45, 7) is -0.401. The van der Waals surface area contributed by atoms with Crippen LogP contribution in [0.4, 0.5) is 0 Å². The Morgan fingerprint density at radius 3 is 2.43 bits per heavy atom. The molecule has 0 amide bonds. The molecule has 0 saturated heterocycles. The fourth-order valence-electron chi connectivity index (χ4n) is 1.53. The third kappa shape index (κ3) is 4.13. The van der Waals surface area contributed by atoms with E-state index in [9.17, 15) is 4.79 Å². The van der Waals surface area contributed by atoms with Crippen LogP contribution in [0.15, 0.2) is 42.5 Å². The molecule has 0 aliphatic heterocycles. The monoisotopic (exact) mass is 303 g/mol. The largest absolute Gasteiger partial charge is 0.482 e. The van der Waals surface area contributed by atoms with Gasteiger partial charge in [-0.2, -0.15) is 5.26 Å². The fourth-order valence-corrected chi connectivity index (χ4v) is 1.75. The molecule has 0 saturated carbocycles. The number of hydrogen-bond acceptors (Lipinski definition) is 4. The van der Waals surface area contributed by atoms with Crippen LogP contribution in [-0.2, 0) is 4.79 Å². The van der Waals surface area contributed by atoms with Crippen molar-refractivity contribution in [1.82, 2.24) is 0 Å². The third-order valence-corrected chi connectivity index (χ3v) is 2.77. The van der Waals surface area contributed by atoms with Gasteiger partial charge in [0.2, 0.25) is 0 Å². The van der Waals surface area contributed by atoms with Gasteiger partial charge in [-0.25, -0.2) is 4.79 Å². The predicted octanol–water partition coefficient (Wildman–Crippen LogP) is 3.47. The van der Waals surface area contributed by atoms with Crippen LogP contribution in [0.25, 0.3) is 0 Å². The maximum Gasteiger partial charge on any atom is 0.341 e. The van der Waals surface area contributed by atoms with Gasteiger partial charge in [0, 0.05) is 0 Å². The number of carboxylic acids is 1. The molecule has 0 bridgehead atoms. The summed E-state index contributed by atoms with van der Waals surface area (Å²) >= 11 is 6.01. The molecule has 2 rings (SSSR count). The first-order chi connectivity index (χ1) is 10.1. The van der Waals surface area contributed by atoms with Crippen molar-refractivity contribution in [3.05, 3.63) is 53.1 Å². The lowest BCUT2D eigenvalue weighted by Crippen LogP contribution is -2.09. The average Bonchev–Trinajstić information content (AvgIpc) is 2.48. The highest BCUT2D eigenvalue weighted by molar-refractivity contribution is 6.32. The average molecular weight is 304 g/mol. The van der Waals surface area contributed by atoms with E-state index >= 15 is 0 Å². The normalized spacial score (nSPS) is 9.71. The van der Waals surface area contributed by atoms with Gasteiger partial charge in [0.25, 0.3) is 0 Å². The lowest BCUT2D eigenvalue weighted by molar-refractivity contribution is -0.139. The van der Waals surface area contributed by atoms with Crippen LogP contribution in [0.3, 0.4) is 0 Å². The van der Waals surface area contributed by atoms with Crippen molar-refractivity contribution in [2.24, 2.45) is 0 Å². The van der Waals surface area contributed by atoms with Crippen molar-refractivity contribution in [2.75, 3.05) is 6.61 Å². The molecular formula is C15H10ClNO4. The standard InChI is InChI=1S/C15H10ClNO4/c16-13-7-10(8-17)1-6-14(13)21-12-4-2-11(3-5-12)20-9-15(18)19/h1-7H,9H2,(H,18,19). The van der Waals surface area contributed by atoms with Gasteiger partial charge in [-0.15, -0.1) is 0 Å². The first-order valence-corrected chi connectivity index (χ1v) is 6.28. The molecular weight excluding hydrogens is 294 g/mol. The molecule has 0 aliphatic carbocycles. The molecule has 0 atom stereocenters. The lowest BCUT2D eigenvalue weighted by atomic mass is 10.2. The van der Waals surface area contributed by atoms with Crippen LogP contribution in [0.2, 0.25) is 5.02 Å². The number of ether oxygens (including phenoxy) is 2. The zero-order valence-electron chi connectivity index (χ0n) is 10.7. The number of carbonyl (C=O) groups is 1. The molecule has 2 aromatic rings. The summed E-state index contributed by atoms with van der Waals surface area (Å²) in [5.74, 6) is 0.328. The molecule has 6 heteroatoms. The third-order valence-electron chi connectivity index (χ3n) is 2.47. The molecule has 0 fully saturated rings. The molecule has 0 aliphatic rings. The Balaban J connectivity index is 2.06. The van der Waals surface area contributed by atoms with E-state index in [0.29, 0.717) is 27.8 Å². The summed E-state index contributed by atoms with van der Waals surface area (Å²) in [6, 6.07) is 13.2. The summed E-state index contributed by atoms with van der Waals surface area (Å²) in [5, 5.41) is 17.6. The van der Waals surface area contributed by atoms with Crippen LogP contribution < -0.4 is 9.47 Å². The number of halogens is 1. The minimum absolute atomic E-state index is 0.334. The van der Waals surface area contributed by atoms with Crippen molar-refractivity contribution in [3.63, 3.8) is 0 Å². The second-order valence-corrected chi connectivity index (χ2v) is 4.42. The van der Waals surface area contributed by atoms with Crippen LogP contribution in [0, 0.1) is 11.3 Å². The van der Waals surface area contributed by atoms with Crippen molar-refractivity contribution in [1.29, 1.82) is 5.26 Å². The van der Waals surface area contributed by atoms with Crippen LogP contribution >= 0.6 is 11.6 Å². The molecule has 2 aromatic carbocycles. The minimum Gasteiger partial charge on any atom is -0.482 e. The predicted molar refractivity (Wildman–Crippen MR) is 75.8 cm³/mol. The second kappa shape index (κ2) is 6.64. The van der Waals surface area contributed by atoms with Gasteiger partial charge in [0.05, 0.1) is 16.7 Å². The highest BCUT2D eigenvalue weighted by Gasteiger charge is 2.05. The van der Waals surface area contributed by atoms with Gasteiger partial charge in [-0.3, -0.25) is 0 Å². The summed E-state index contributed by atoms with van der Waals surface area (Å²) in [7, 11) is 0. The van der Waals surface area contributed by atoms with E-state index in [0.717, 1.165) is 0 Å².